The molecular weight excluding hydrogens is 190 g/mol. The summed E-state index contributed by atoms with van der Waals surface area (Å²) >= 11 is 0. The highest BCUT2D eigenvalue weighted by atomic mass is 16.1. The van der Waals surface area contributed by atoms with Crippen LogP contribution >= 0.6 is 0 Å². The average Bonchev–Trinajstić information content (AvgIpc) is 2.80. The van der Waals surface area contributed by atoms with Gasteiger partial charge in [0.15, 0.2) is 0 Å². The highest BCUT2D eigenvalue weighted by molar-refractivity contribution is 5.94. The number of nitrogens with one attached hydrogen (secondary N) is 3. The molecule has 1 aliphatic heterocycles. The minimum atomic E-state index is -0.0221. The maximum atomic E-state index is 11.6. The van der Waals surface area contributed by atoms with Crippen molar-refractivity contribution in [2.75, 3.05) is 19.6 Å². The van der Waals surface area contributed by atoms with E-state index in [-0.39, 0.29) is 12.1 Å². The van der Waals surface area contributed by atoms with Gasteiger partial charge < -0.3 is 5.32 Å². The molecule has 15 heavy (non-hydrogen) atoms. The predicted octanol–water partition coefficient (Wildman–Crippen LogP) is -0.0647. The molecule has 1 aromatic rings. The molecule has 0 radical (unpaired) electrons. The van der Waals surface area contributed by atoms with E-state index in [0.717, 1.165) is 13.1 Å². The van der Waals surface area contributed by atoms with Crippen molar-refractivity contribution >= 4 is 5.91 Å². The first kappa shape index (κ1) is 10.1. The Morgan fingerprint density at radius 1 is 1.27 bits per heavy atom. The van der Waals surface area contributed by atoms with Crippen LogP contribution in [0.5, 0.6) is 0 Å². The van der Waals surface area contributed by atoms with E-state index in [1.54, 1.807) is 0 Å². The van der Waals surface area contributed by atoms with Gasteiger partial charge in [0.1, 0.15) is 0 Å². The fraction of sp³-hybridized carbons (Fsp3) is 0.364. The molecule has 1 heterocycles. The zero-order chi connectivity index (χ0) is 10.5. The fourth-order valence-electron chi connectivity index (χ4n) is 1.60. The Morgan fingerprint density at radius 3 is 2.60 bits per heavy atom. The summed E-state index contributed by atoms with van der Waals surface area (Å²) in [7, 11) is 0. The molecule has 0 unspecified atom stereocenters. The van der Waals surface area contributed by atoms with Crippen LogP contribution in [-0.2, 0) is 0 Å². The monoisotopic (exact) mass is 205 g/mol. The summed E-state index contributed by atoms with van der Waals surface area (Å²) in [5.41, 5.74) is 0.704. The lowest BCUT2D eigenvalue weighted by Gasteiger charge is -2.11. The van der Waals surface area contributed by atoms with Crippen LogP contribution in [0.1, 0.15) is 10.4 Å². The van der Waals surface area contributed by atoms with E-state index >= 15 is 0 Å². The van der Waals surface area contributed by atoms with Crippen molar-refractivity contribution in [3.63, 3.8) is 0 Å². The predicted molar refractivity (Wildman–Crippen MR) is 58.6 cm³/mol. The second kappa shape index (κ2) is 4.91. The van der Waals surface area contributed by atoms with Gasteiger partial charge in [-0.1, -0.05) is 18.2 Å². The van der Waals surface area contributed by atoms with Crippen molar-refractivity contribution in [1.29, 1.82) is 0 Å². The number of rotatable bonds is 3. The topological polar surface area (TPSA) is 53.2 Å². The van der Waals surface area contributed by atoms with Crippen molar-refractivity contribution in [2.24, 2.45) is 0 Å². The van der Waals surface area contributed by atoms with Crippen LogP contribution in [0.2, 0.25) is 0 Å². The number of hydrogen-bond donors (Lipinski definition) is 3. The standard InChI is InChI=1S/C11H15N3O/c15-11(9-4-2-1-3-5-9)14-8-10-12-6-7-13-10/h1-5,10,12-13H,6-8H2,(H,14,15). The smallest absolute Gasteiger partial charge is 0.251 e. The van der Waals surface area contributed by atoms with Crippen molar-refractivity contribution in [3.8, 4) is 0 Å². The van der Waals surface area contributed by atoms with E-state index in [0.29, 0.717) is 12.1 Å². The number of benzene rings is 1. The third kappa shape index (κ3) is 2.78. The van der Waals surface area contributed by atoms with Crippen LogP contribution in [0.4, 0.5) is 0 Å². The quantitative estimate of drug-likeness (QED) is 0.648. The molecule has 2 rings (SSSR count). The molecule has 4 nitrogen and oxygen atoms in total. The van der Waals surface area contributed by atoms with E-state index in [1.807, 2.05) is 30.3 Å². The molecule has 1 aliphatic rings. The second-order valence-electron chi connectivity index (χ2n) is 3.54. The Morgan fingerprint density at radius 2 is 1.93 bits per heavy atom. The molecule has 1 aromatic carbocycles. The summed E-state index contributed by atoms with van der Waals surface area (Å²) in [6, 6.07) is 9.24. The molecule has 0 spiro atoms. The summed E-state index contributed by atoms with van der Waals surface area (Å²) in [6.07, 6.45) is 0.206. The van der Waals surface area contributed by atoms with Crippen LogP contribution in [0, 0.1) is 0 Å². The van der Waals surface area contributed by atoms with Crippen molar-refractivity contribution in [3.05, 3.63) is 35.9 Å². The zero-order valence-electron chi connectivity index (χ0n) is 8.49. The molecule has 4 heteroatoms. The average molecular weight is 205 g/mol. The maximum Gasteiger partial charge on any atom is 0.251 e. The van der Waals surface area contributed by atoms with Gasteiger partial charge in [-0.2, -0.15) is 0 Å². The van der Waals surface area contributed by atoms with E-state index in [9.17, 15) is 4.79 Å². The number of carbonyl (C=O) groups excluding carboxylic acids is 1. The Balaban J connectivity index is 1.82. The molecule has 1 saturated heterocycles. The molecule has 0 saturated carbocycles. The van der Waals surface area contributed by atoms with Gasteiger partial charge in [-0.05, 0) is 12.1 Å². The molecule has 1 amide bonds. The number of carbonyl (C=O) groups is 1. The van der Waals surface area contributed by atoms with Gasteiger partial charge in [0.25, 0.3) is 5.91 Å². The maximum absolute atomic E-state index is 11.6. The van der Waals surface area contributed by atoms with E-state index < -0.39 is 0 Å². The molecular formula is C11H15N3O. The second-order valence-corrected chi connectivity index (χ2v) is 3.54. The van der Waals surface area contributed by atoms with Crippen LogP contribution < -0.4 is 16.0 Å². The van der Waals surface area contributed by atoms with E-state index in [2.05, 4.69) is 16.0 Å². The third-order valence-corrected chi connectivity index (χ3v) is 2.41. The summed E-state index contributed by atoms with van der Waals surface area (Å²) in [4.78, 5) is 11.6. The lowest BCUT2D eigenvalue weighted by Crippen LogP contribution is -2.43. The Labute approximate surface area is 89.1 Å². The minimum absolute atomic E-state index is 0.0221. The largest absolute Gasteiger partial charge is 0.349 e. The van der Waals surface area contributed by atoms with Crippen LogP contribution in [0.25, 0.3) is 0 Å². The third-order valence-electron chi connectivity index (χ3n) is 2.41. The zero-order valence-corrected chi connectivity index (χ0v) is 8.49. The summed E-state index contributed by atoms with van der Waals surface area (Å²) in [6.45, 7) is 2.55. The minimum Gasteiger partial charge on any atom is -0.349 e. The van der Waals surface area contributed by atoms with E-state index in [4.69, 9.17) is 0 Å². The lowest BCUT2D eigenvalue weighted by molar-refractivity contribution is 0.0949. The first-order valence-electron chi connectivity index (χ1n) is 5.16. The van der Waals surface area contributed by atoms with Gasteiger partial charge in [-0.3, -0.25) is 15.4 Å². The molecule has 0 bridgehead atoms. The Kier molecular flexibility index (Phi) is 3.32. The Hall–Kier alpha value is -1.39. The molecule has 0 aromatic heterocycles. The summed E-state index contributed by atoms with van der Waals surface area (Å²) in [5, 5.41) is 9.35. The van der Waals surface area contributed by atoms with Gasteiger partial charge in [0.05, 0.1) is 6.17 Å². The first-order chi connectivity index (χ1) is 7.36. The van der Waals surface area contributed by atoms with Gasteiger partial charge in [0, 0.05) is 25.2 Å². The van der Waals surface area contributed by atoms with Crippen molar-refractivity contribution < 1.29 is 4.79 Å². The summed E-state index contributed by atoms with van der Waals surface area (Å²) in [5.74, 6) is -0.0221. The van der Waals surface area contributed by atoms with Crippen LogP contribution in [-0.4, -0.2) is 31.7 Å². The SMILES string of the molecule is O=C(NCC1NCCN1)c1ccccc1. The molecule has 1 fully saturated rings. The first-order valence-corrected chi connectivity index (χ1v) is 5.16. The van der Waals surface area contributed by atoms with Crippen LogP contribution in [0.3, 0.4) is 0 Å². The fourth-order valence-corrected chi connectivity index (χ4v) is 1.60. The van der Waals surface area contributed by atoms with Crippen molar-refractivity contribution in [2.45, 2.75) is 6.17 Å². The van der Waals surface area contributed by atoms with Crippen molar-refractivity contribution in [1.82, 2.24) is 16.0 Å². The van der Waals surface area contributed by atoms with Gasteiger partial charge in [-0.15, -0.1) is 0 Å². The lowest BCUT2D eigenvalue weighted by atomic mass is 10.2. The highest BCUT2D eigenvalue weighted by Gasteiger charge is 2.13. The normalized spacial score (nSPS) is 16.5. The molecule has 80 valence electrons. The molecule has 0 atom stereocenters. The van der Waals surface area contributed by atoms with Crippen LogP contribution in [0.15, 0.2) is 30.3 Å². The summed E-state index contributed by atoms with van der Waals surface area (Å²) < 4.78 is 0. The highest BCUT2D eigenvalue weighted by Crippen LogP contribution is 1.97. The van der Waals surface area contributed by atoms with E-state index in [1.165, 1.54) is 0 Å². The molecule has 0 aliphatic carbocycles. The van der Waals surface area contributed by atoms with Gasteiger partial charge >= 0.3 is 0 Å². The molecule has 3 N–H and O–H groups in total. The number of hydrogen-bond acceptors (Lipinski definition) is 3. The van der Waals surface area contributed by atoms with Gasteiger partial charge in [-0.25, -0.2) is 0 Å². The number of amides is 1. The Bertz CT molecular complexity index is 320. The van der Waals surface area contributed by atoms with Gasteiger partial charge in [0.2, 0.25) is 0 Å².